The Morgan fingerprint density at radius 1 is 1.30 bits per heavy atom. The zero-order valence-electron chi connectivity index (χ0n) is 13.7. The number of rotatable bonds is 7. The first-order valence-electron chi connectivity index (χ1n) is 8.31. The van der Waals surface area contributed by atoms with Crippen LogP contribution in [0.2, 0.25) is 0 Å². The van der Waals surface area contributed by atoms with Gasteiger partial charge >= 0.3 is 11.9 Å². The standard InChI is InChI=1S/C18H25NO4/c1-2-3-11-23-18(22)15-8-6-14(7-9-15)12-19-10-4-5-16(13-19)17(20)21/h6-9,16H,2-5,10-13H2,1H3,(H,20,21). The van der Waals surface area contributed by atoms with E-state index in [9.17, 15) is 9.59 Å². The first-order chi connectivity index (χ1) is 11.1. The molecule has 0 aromatic heterocycles. The largest absolute Gasteiger partial charge is 0.481 e. The topological polar surface area (TPSA) is 66.8 Å². The zero-order chi connectivity index (χ0) is 16.7. The number of piperidine rings is 1. The molecule has 0 saturated carbocycles. The van der Waals surface area contributed by atoms with Gasteiger partial charge in [-0.3, -0.25) is 9.69 Å². The quantitative estimate of drug-likeness (QED) is 0.618. The van der Waals surface area contributed by atoms with E-state index < -0.39 is 5.97 Å². The van der Waals surface area contributed by atoms with Crippen LogP contribution in [0.4, 0.5) is 0 Å². The average Bonchev–Trinajstić information content (AvgIpc) is 2.56. The summed E-state index contributed by atoms with van der Waals surface area (Å²) in [6.45, 7) is 4.75. The number of carbonyl (C=O) groups is 2. The number of benzene rings is 1. The predicted molar refractivity (Wildman–Crippen MR) is 87.3 cm³/mol. The monoisotopic (exact) mass is 319 g/mol. The summed E-state index contributed by atoms with van der Waals surface area (Å²) in [5.41, 5.74) is 1.65. The third-order valence-electron chi connectivity index (χ3n) is 4.18. The van der Waals surface area contributed by atoms with Gasteiger partial charge in [0.05, 0.1) is 18.1 Å². The van der Waals surface area contributed by atoms with Crippen molar-refractivity contribution < 1.29 is 19.4 Å². The molecule has 1 aliphatic rings. The van der Waals surface area contributed by atoms with Gasteiger partial charge in [0.25, 0.3) is 0 Å². The van der Waals surface area contributed by atoms with Gasteiger partial charge in [0, 0.05) is 13.1 Å². The van der Waals surface area contributed by atoms with Crippen molar-refractivity contribution >= 4 is 11.9 Å². The number of hydrogen-bond acceptors (Lipinski definition) is 4. The Bertz CT molecular complexity index is 526. The Kier molecular flexibility index (Phi) is 6.59. The highest BCUT2D eigenvalue weighted by atomic mass is 16.5. The summed E-state index contributed by atoms with van der Waals surface area (Å²) >= 11 is 0. The van der Waals surface area contributed by atoms with Crippen molar-refractivity contribution in [2.45, 2.75) is 39.2 Å². The van der Waals surface area contributed by atoms with Crippen LogP contribution in [-0.2, 0) is 16.1 Å². The second-order valence-corrected chi connectivity index (χ2v) is 6.10. The van der Waals surface area contributed by atoms with Crippen LogP contribution >= 0.6 is 0 Å². The number of nitrogens with zero attached hydrogens (tertiary/aromatic N) is 1. The summed E-state index contributed by atoms with van der Waals surface area (Å²) in [7, 11) is 0. The maximum Gasteiger partial charge on any atom is 0.338 e. The Balaban J connectivity index is 1.87. The molecule has 0 aliphatic carbocycles. The lowest BCUT2D eigenvalue weighted by Crippen LogP contribution is -2.38. The summed E-state index contributed by atoms with van der Waals surface area (Å²) in [6, 6.07) is 7.39. The minimum absolute atomic E-state index is 0.267. The predicted octanol–water partition coefficient (Wildman–Crippen LogP) is 2.94. The van der Waals surface area contributed by atoms with E-state index in [1.165, 1.54) is 0 Å². The van der Waals surface area contributed by atoms with E-state index >= 15 is 0 Å². The molecular weight excluding hydrogens is 294 g/mol. The fourth-order valence-corrected chi connectivity index (χ4v) is 2.80. The maximum absolute atomic E-state index is 11.8. The molecule has 2 rings (SSSR count). The molecule has 1 N–H and O–H groups in total. The molecule has 5 nitrogen and oxygen atoms in total. The third-order valence-corrected chi connectivity index (χ3v) is 4.18. The lowest BCUT2D eigenvalue weighted by Gasteiger charge is -2.30. The van der Waals surface area contributed by atoms with E-state index in [-0.39, 0.29) is 11.9 Å². The van der Waals surface area contributed by atoms with Gasteiger partial charge in [-0.05, 0) is 43.5 Å². The molecule has 5 heteroatoms. The van der Waals surface area contributed by atoms with Crippen LogP contribution in [0.5, 0.6) is 0 Å². The van der Waals surface area contributed by atoms with Gasteiger partial charge in [0.1, 0.15) is 0 Å². The van der Waals surface area contributed by atoms with Crippen molar-refractivity contribution in [2.75, 3.05) is 19.7 Å². The summed E-state index contributed by atoms with van der Waals surface area (Å²) in [5, 5.41) is 9.13. The van der Waals surface area contributed by atoms with Gasteiger partial charge in [-0.15, -0.1) is 0 Å². The van der Waals surface area contributed by atoms with Crippen molar-refractivity contribution in [2.24, 2.45) is 5.92 Å². The van der Waals surface area contributed by atoms with E-state index in [0.29, 0.717) is 18.7 Å². The number of likely N-dealkylation sites (tertiary alicyclic amines) is 1. The van der Waals surface area contributed by atoms with E-state index in [1.807, 2.05) is 12.1 Å². The number of carboxylic acids is 1. The molecule has 126 valence electrons. The van der Waals surface area contributed by atoms with Crippen LogP contribution in [0.25, 0.3) is 0 Å². The third kappa shape index (κ3) is 5.36. The molecule has 0 spiro atoms. The number of carbonyl (C=O) groups excluding carboxylic acids is 1. The van der Waals surface area contributed by atoms with E-state index in [0.717, 1.165) is 44.3 Å². The lowest BCUT2D eigenvalue weighted by atomic mass is 9.98. The van der Waals surface area contributed by atoms with Crippen molar-refractivity contribution in [3.63, 3.8) is 0 Å². The maximum atomic E-state index is 11.8. The molecule has 1 atom stereocenters. The number of carboxylic acid groups (broad SMARTS) is 1. The molecule has 23 heavy (non-hydrogen) atoms. The number of esters is 1. The summed E-state index contributed by atoms with van der Waals surface area (Å²) < 4.78 is 5.18. The Hall–Kier alpha value is -1.88. The molecule has 1 saturated heterocycles. The van der Waals surface area contributed by atoms with E-state index in [2.05, 4.69) is 11.8 Å². The number of aliphatic carboxylic acids is 1. The Morgan fingerprint density at radius 3 is 2.70 bits per heavy atom. The second-order valence-electron chi connectivity index (χ2n) is 6.10. The van der Waals surface area contributed by atoms with Gasteiger partial charge in [-0.1, -0.05) is 25.5 Å². The number of hydrogen-bond donors (Lipinski definition) is 1. The molecule has 0 bridgehead atoms. The van der Waals surface area contributed by atoms with E-state index in [4.69, 9.17) is 9.84 Å². The molecule has 1 unspecified atom stereocenters. The Labute approximate surface area is 137 Å². The van der Waals surface area contributed by atoms with Crippen molar-refractivity contribution in [3.8, 4) is 0 Å². The molecule has 1 aliphatic heterocycles. The second kappa shape index (κ2) is 8.67. The highest BCUT2D eigenvalue weighted by Crippen LogP contribution is 2.19. The van der Waals surface area contributed by atoms with Crippen LogP contribution in [0.3, 0.4) is 0 Å². The zero-order valence-corrected chi connectivity index (χ0v) is 13.7. The van der Waals surface area contributed by atoms with Gasteiger partial charge in [-0.2, -0.15) is 0 Å². The molecular formula is C18H25NO4. The highest BCUT2D eigenvalue weighted by Gasteiger charge is 2.25. The minimum Gasteiger partial charge on any atom is -0.481 e. The van der Waals surface area contributed by atoms with Gasteiger partial charge in [0.2, 0.25) is 0 Å². The number of ether oxygens (including phenoxy) is 1. The van der Waals surface area contributed by atoms with Gasteiger partial charge < -0.3 is 9.84 Å². The van der Waals surface area contributed by atoms with E-state index in [1.54, 1.807) is 12.1 Å². The van der Waals surface area contributed by atoms with Crippen molar-refractivity contribution in [1.82, 2.24) is 4.90 Å². The fraction of sp³-hybridized carbons (Fsp3) is 0.556. The minimum atomic E-state index is -0.708. The summed E-state index contributed by atoms with van der Waals surface area (Å²) in [4.78, 5) is 25.1. The number of unbranched alkanes of at least 4 members (excludes halogenated alkanes) is 1. The van der Waals surface area contributed by atoms with Crippen LogP contribution in [0.15, 0.2) is 24.3 Å². The molecule has 1 aromatic carbocycles. The van der Waals surface area contributed by atoms with Crippen LogP contribution < -0.4 is 0 Å². The fourth-order valence-electron chi connectivity index (χ4n) is 2.80. The molecule has 0 radical (unpaired) electrons. The Morgan fingerprint density at radius 2 is 2.04 bits per heavy atom. The van der Waals surface area contributed by atoms with Crippen molar-refractivity contribution in [3.05, 3.63) is 35.4 Å². The van der Waals surface area contributed by atoms with Gasteiger partial charge in [0.15, 0.2) is 0 Å². The highest BCUT2D eigenvalue weighted by molar-refractivity contribution is 5.89. The van der Waals surface area contributed by atoms with Crippen LogP contribution in [0.1, 0.15) is 48.5 Å². The molecule has 0 amide bonds. The van der Waals surface area contributed by atoms with Crippen LogP contribution in [-0.4, -0.2) is 41.6 Å². The first-order valence-corrected chi connectivity index (χ1v) is 8.31. The molecule has 1 aromatic rings. The smallest absolute Gasteiger partial charge is 0.338 e. The lowest BCUT2D eigenvalue weighted by molar-refractivity contribution is -0.143. The molecule has 1 fully saturated rings. The first kappa shape index (κ1) is 17.5. The SMILES string of the molecule is CCCCOC(=O)c1ccc(CN2CCCC(C(=O)O)C2)cc1. The van der Waals surface area contributed by atoms with Crippen molar-refractivity contribution in [1.29, 1.82) is 0 Å². The summed E-state index contributed by atoms with van der Waals surface area (Å²) in [6.07, 6.45) is 3.55. The summed E-state index contributed by atoms with van der Waals surface area (Å²) in [5.74, 6) is -1.26. The molecule has 1 heterocycles. The normalized spacial score (nSPS) is 18.6. The van der Waals surface area contributed by atoms with Gasteiger partial charge in [-0.25, -0.2) is 4.79 Å². The van der Waals surface area contributed by atoms with Crippen LogP contribution in [0, 0.1) is 5.92 Å². The average molecular weight is 319 g/mol.